The fourth-order valence-electron chi connectivity index (χ4n) is 1.10. The van der Waals surface area contributed by atoms with E-state index < -0.39 is 11.7 Å². The summed E-state index contributed by atoms with van der Waals surface area (Å²) in [6, 6.07) is 5.67. The minimum Gasteiger partial charge on any atom is -0.390 e. The molecule has 1 rings (SSSR count). The van der Waals surface area contributed by atoms with Crippen molar-refractivity contribution in [3.63, 3.8) is 0 Å². The van der Waals surface area contributed by atoms with Gasteiger partial charge in [-0.05, 0) is 26.0 Å². The van der Waals surface area contributed by atoms with Crippen LogP contribution in [0.25, 0.3) is 0 Å². The summed E-state index contributed by atoms with van der Waals surface area (Å²) in [4.78, 5) is 4.15. The van der Waals surface area contributed by atoms with E-state index in [-0.39, 0.29) is 0 Å². The second-order valence-electron chi connectivity index (χ2n) is 3.85. The Kier molecular flexibility index (Phi) is 3.61. The van der Waals surface area contributed by atoms with E-state index in [9.17, 15) is 5.11 Å². The number of pyridine rings is 1. The molecule has 0 amide bonds. The van der Waals surface area contributed by atoms with E-state index in [2.05, 4.69) is 4.98 Å². The van der Waals surface area contributed by atoms with Crippen molar-refractivity contribution >= 4 is 0 Å². The summed E-state index contributed by atoms with van der Waals surface area (Å²) in [5.41, 5.74) is 0.350. The van der Waals surface area contributed by atoms with Gasteiger partial charge in [0, 0.05) is 25.4 Å². The third-order valence-electron chi connectivity index (χ3n) is 2.46. The Hall–Kier alpha value is -0.930. The van der Waals surface area contributed by atoms with Gasteiger partial charge < -0.3 is 9.84 Å². The van der Waals surface area contributed by atoms with Crippen molar-refractivity contribution in [1.29, 1.82) is 0 Å². The van der Waals surface area contributed by atoms with Crippen molar-refractivity contribution < 1.29 is 9.84 Å². The van der Waals surface area contributed by atoms with Crippen molar-refractivity contribution in [2.24, 2.45) is 0 Å². The van der Waals surface area contributed by atoms with Crippen molar-refractivity contribution in [3.05, 3.63) is 30.1 Å². The molecule has 14 heavy (non-hydrogen) atoms. The van der Waals surface area contributed by atoms with Gasteiger partial charge in [-0.25, -0.2) is 0 Å². The molecule has 3 heteroatoms. The van der Waals surface area contributed by atoms with Crippen molar-refractivity contribution in [1.82, 2.24) is 4.98 Å². The van der Waals surface area contributed by atoms with Crippen LogP contribution < -0.4 is 0 Å². The highest BCUT2D eigenvalue weighted by Gasteiger charge is 2.27. The Morgan fingerprint density at radius 3 is 2.71 bits per heavy atom. The SMILES string of the molecule is COC(C)(C)C(O)Cc1ccccn1. The van der Waals surface area contributed by atoms with Crippen LogP contribution in [0, 0.1) is 0 Å². The van der Waals surface area contributed by atoms with E-state index in [1.807, 2.05) is 32.0 Å². The lowest BCUT2D eigenvalue weighted by Crippen LogP contribution is -2.39. The quantitative estimate of drug-likeness (QED) is 0.790. The lowest BCUT2D eigenvalue weighted by atomic mass is 9.97. The minimum atomic E-state index is -0.539. The standard InChI is InChI=1S/C11H17NO2/c1-11(2,14-3)10(13)8-9-6-4-5-7-12-9/h4-7,10,13H,8H2,1-3H3. The maximum absolute atomic E-state index is 9.87. The fourth-order valence-corrected chi connectivity index (χ4v) is 1.10. The Balaban J connectivity index is 2.62. The molecule has 0 bridgehead atoms. The van der Waals surface area contributed by atoms with Gasteiger partial charge in [-0.2, -0.15) is 0 Å². The third kappa shape index (κ3) is 2.79. The van der Waals surface area contributed by atoms with E-state index in [1.165, 1.54) is 0 Å². The lowest BCUT2D eigenvalue weighted by molar-refractivity contribution is -0.0768. The molecule has 1 aromatic rings. The number of aliphatic hydroxyl groups is 1. The predicted octanol–water partition coefficient (Wildman–Crippen LogP) is 1.41. The minimum absolute atomic E-state index is 0.516. The highest BCUT2D eigenvalue weighted by molar-refractivity contribution is 5.05. The number of hydrogen-bond donors (Lipinski definition) is 1. The summed E-state index contributed by atoms with van der Waals surface area (Å²) >= 11 is 0. The fraction of sp³-hybridized carbons (Fsp3) is 0.545. The molecule has 0 saturated heterocycles. The molecular weight excluding hydrogens is 178 g/mol. The number of ether oxygens (including phenoxy) is 1. The van der Waals surface area contributed by atoms with Crippen LogP contribution in [0.5, 0.6) is 0 Å². The average molecular weight is 195 g/mol. The number of methoxy groups -OCH3 is 1. The van der Waals surface area contributed by atoms with Gasteiger partial charge in [-0.15, -0.1) is 0 Å². The molecule has 1 aromatic heterocycles. The topological polar surface area (TPSA) is 42.4 Å². The van der Waals surface area contributed by atoms with Gasteiger partial charge in [0.1, 0.15) is 0 Å². The predicted molar refractivity (Wildman–Crippen MR) is 55.0 cm³/mol. The molecule has 0 saturated carbocycles. The van der Waals surface area contributed by atoms with Crippen molar-refractivity contribution in [3.8, 4) is 0 Å². The molecule has 0 aliphatic heterocycles. The van der Waals surface area contributed by atoms with Gasteiger partial charge >= 0.3 is 0 Å². The first-order valence-corrected chi connectivity index (χ1v) is 4.69. The van der Waals surface area contributed by atoms with E-state index in [0.29, 0.717) is 6.42 Å². The average Bonchev–Trinajstić information content (AvgIpc) is 2.19. The molecule has 78 valence electrons. The van der Waals surface area contributed by atoms with Crippen molar-refractivity contribution in [2.45, 2.75) is 32.0 Å². The van der Waals surface area contributed by atoms with Gasteiger partial charge in [0.25, 0.3) is 0 Å². The van der Waals surface area contributed by atoms with E-state index >= 15 is 0 Å². The highest BCUT2D eigenvalue weighted by Crippen LogP contribution is 2.16. The van der Waals surface area contributed by atoms with Gasteiger partial charge in [-0.3, -0.25) is 4.98 Å². The Labute approximate surface area is 84.7 Å². The van der Waals surface area contributed by atoms with E-state index in [1.54, 1.807) is 13.3 Å². The molecule has 0 fully saturated rings. The van der Waals surface area contributed by atoms with Crippen LogP contribution >= 0.6 is 0 Å². The molecule has 0 spiro atoms. The second kappa shape index (κ2) is 4.53. The first-order chi connectivity index (χ1) is 6.56. The number of nitrogens with zero attached hydrogens (tertiary/aromatic N) is 1. The largest absolute Gasteiger partial charge is 0.390 e. The van der Waals surface area contributed by atoms with Gasteiger partial charge in [-0.1, -0.05) is 6.07 Å². The zero-order chi connectivity index (χ0) is 10.6. The van der Waals surface area contributed by atoms with Crippen LogP contribution in [0.3, 0.4) is 0 Å². The first-order valence-electron chi connectivity index (χ1n) is 4.69. The Morgan fingerprint density at radius 1 is 1.50 bits per heavy atom. The van der Waals surface area contributed by atoms with Crippen LogP contribution in [0.2, 0.25) is 0 Å². The summed E-state index contributed by atoms with van der Waals surface area (Å²) < 4.78 is 5.19. The molecule has 0 aliphatic rings. The number of rotatable bonds is 4. The third-order valence-corrected chi connectivity index (χ3v) is 2.46. The first kappa shape index (κ1) is 11.1. The maximum Gasteiger partial charge on any atom is 0.0884 e. The number of aliphatic hydroxyl groups excluding tert-OH is 1. The van der Waals surface area contributed by atoms with Crippen LogP contribution in [0.4, 0.5) is 0 Å². The summed E-state index contributed by atoms with van der Waals surface area (Å²) in [5.74, 6) is 0. The molecule has 0 radical (unpaired) electrons. The summed E-state index contributed by atoms with van der Waals surface area (Å²) in [5, 5.41) is 9.87. The Morgan fingerprint density at radius 2 is 2.21 bits per heavy atom. The van der Waals surface area contributed by atoms with Crippen LogP contribution in [-0.4, -0.2) is 28.9 Å². The van der Waals surface area contributed by atoms with E-state index in [4.69, 9.17) is 4.74 Å². The number of hydrogen-bond acceptors (Lipinski definition) is 3. The maximum atomic E-state index is 9.87. The molecule has 1 heterocycles. The van der Waals surface area contributed by atoms with Crippen LogP contribution in [0.15, 0.2) is 24.4 Å². The zero-order valence-electron chi connectivity index (χ0n) is 8.90. The second-order valence-corrected chi connectivity index (χ2v) is 3.85. The van der Waals surface area contributed by atoms with Crippen LogP contribution in [0.1, 0.15) is 19.5 Å². The molecule has 0 aromatic carbocycles. The molecule has 1 atom stereocenters. The molecule has 1 N–H and O–H groups in total. The normalized spacial score (nSPS) is 14.0. The molecule has 0 aliphatic carbocycles. The smallest absolute Gasteiger partial charge is 0.0884 e. The monoisotopic (exact) mass is 195 g/mol. The summed E-state index contributed by atoms with van der Waals surface area (Å²) in [6.45, 7) is 3.72. The number of aromatic nitrogens is 1. The summed E-state index contributed by atoms with van der Waals surface area (Å²) in [6.07, 6.45) is 1.70. The molecule has 1 unspecified atom stereocenters. The zero-order valence-corrected chi connectivity index (χ0v) is 8.90. The van der Waals surface area contributed by atoms with Gasteiger partial charge in [0.15, 0.2) is 0 Å². The van der Waals surface area contributed by atoms with E-state index in [0.717, 1.165) is 5.69 Å². The van der Waals surface area contributed by atoms with Crippen LogP contribution in [-0.2, 0) is 11.2 Å². The van der Waals surface area contributed by atoms with Gasteiger partial charge in [0.2, 0.25) is 0 Å². The Bertz CT molecular complexity index is 272. The summed E-state index contributed by atoms with van der Waals surface area (Å²) in [7, 11) is 1.60. The van der Waals surface area contributed by atoms with Crippen molar-refractivity contribution in [2.75, 3.05) is 7.11 Å². The highest BCUT2D eigenvalue weighted by atomic mass is 16.5. The molecule has 3 nitrogen and oxygen atoms in total. The molecular formula is C11H17NO2. The lowest BCUT2D eigenvalue weighted by Gasteiger charge is -2.28. The van der Waals surface area contributed by atoms with Gasteiger partial charge in [0.05, 0.1) is 11.7 Å².